The summed E-state index contributed by atoms with van der Waals surface area (Å²) in [5.74, 6) is -0.235. The third-order valence-electron chi connectivity index (χ3n) is 2.73. The van der Waals surface area contributed by atoms with Gasteiger partial charge in [-0.15, -0.1) is 0 Å². The molecule has 6 heteroatoms. The van der Waals surface area contributed by atoms with Gasteiger partial charge in [-0.3, -0.25) is 9.59 Å². The molecule has 0 saturated heterocycles. The first-order valence-electron chi connectivity index (χ1n) is 6.23. The molecular formula is C14H20N2O4. The Bertz CT molecular complexity index is 533. The Kier molecular flexibility index (Phi) is 4.81. The van der Waals surface area contributed by atoms with E-state index in [1.54, 1.807) is 6.92 Å². The van der Waals surface area contributed by atoms with Crippen molar-refractivity contribution >= 4 is 11.8 Å². The number of carbonyl (C=O) groups excluding carboxylic acids is 2. The van der Waals surface area contributed by atoms with Crippen molar-refractivity contribution in [2.45, 2.75) is 39.5 Å². The maximum atomic E-state index is 12.1. The van der Waals surface area contributed by atoms with E-state index in [1.807, 2.05) is 20.8 Å². The Morgan fingerprint density at radius 2 is 1.75 bits per heavy atom. The number of aromatic nitrogens is 2. The Morgan fingerprint density at radius 3 is 2.20 bits per heavy atom. The van der Waals surface area contributed by atoms with Gasteiger partial charge in [-0.2, -0.15) is 4.98 Å². The zero-order valence-corrected chi connectivity index (χ0v) is 12.7. The first-order chi connectivity index (χ1) is 9.20. The third-order valence-corrected chi connectivity index (χ3v) is 2.73. The standard InChI is InChI=1S/C14H20N2O4/c1-8-11(9(17)7-10(18)19-5)12(20-6)16-13(15-8)14(2,3)4/h7H2,1-6H3. The van der Waals surface area contributed by atoms with Gasteiger partial charge in [0, 0.05) is 5.41 Å². The Labute approximate surface area is 118 Å². The Morgan fingerprint density at radius 1 is 1.15 bits per heavy atom. The van der Waals surface area contributed by atoms with Crippen LogP contribution < -0.4 is 4.74 Å². The van der Waals surface area contributed by atoms with Gasteiger partial charge in [-0.1, -0.05) is 20.8 Å². The van der Waals surface area contributed by atoms with Crippen molar-refractivity contribution in [3.05, 3.63) is 17.1 Å². The van der Waals surface area contributed by atoms with E-state index in [0.29, 0.717) is 11.5 Å². The number of hydrogen-bond donors (Lipinski definition) is 0. The van der Waals surface area contributed by atoms with E-state index >= 15 is 0 Å². The first kappa shape index (κ1) is 16.1. The summed E-state index contributed by atoms with van der Waals surface area (Å²) in [6.07, 6.45) is -0.355. The van der Waals surface area contributed by atoms with Crippen LogP contribution in [0, 0.1) is 6.92 Å². The van der Waals surface area contributed by atoms with Gasteiger partial charge in [0.1, 0.15) is 17.8 Å². The van der Waals surface area contributed by atoms with E-state index in [9.17, 15) is 9.59 Å². The lowest BCUT2D eigenvalue weighted by molar-refractivity contribution is -0.139. The van der Waals surface area contributed by atoms with Gasteiger partial charge in [0.2, 0.25) is 5.88 Å². The zero-order valence-electron chi connectivity index (χ0n) is 12.7. The molecule has 1 rings (SSSR count). The molecule has 0 aliphatic heterocycles. The number of aryl methyl sites for hydroxylation is 1. The minimum absolute atomic E-state index is 0.191. The maximum Gasteiger partial charge on any atom is 0.313 e. The van der Waals surface area contributed by atoms with Crippen molar-refractivity contribution < 1.29 is 19.1 Å². The van der Waals surface area contributed by atoms with Crippen LogP contribution in [-0.4, -0.2) is 35.9 Å². The van der Waals surface area contributed by atoms with Gasteiger partial charge in [0.25, 0.3) is 0 Å². The molecule has 0 radical (unpaired) electrons. The van der Waals surface area contributed by atoms with Gasteiger partial charge in [-0.25, -0.2) is 4.98 Å². The summed E-state index contributed by atoms with van der Waals surface area (Å²) < 4.78 is 9.67. The fraction of sp³-hybridized carbons (Fsp3) is 0.571. The molecule has 0 unspecified atom stereocenters. The highest BCUT2D eigenvalue weighted by molar-refractivity contribution is 6.07. The minimum Gasteiger partial charge on any atom is -0.480 e. The summed E-state index contributed by atoms with van der Waals surface area (Å²) in [6, 6.07) is 0. The monoisotopic (exact) mass is 280 g/mol. The molecule has 0 aliphatic carbocycles. The van der Waals surface area contributed by atoms with Crippen LogP contribution >= 0.6 is 0 Å². The first-order valence-corrected chi connectivity index (χ1v) is 6.23. The number of ketones is 1. The van der Waals surface area contributed by atoms with Crippen LogP contribution in [0.15, 0.2) is 0 Å². The van der Waals surface area contributed by atoms with E-state index < -0.39 is 11.8 Å². The zero-order chi connectivity index (χ0) is 15.5. The highest BCUT2D eigenvalue weighted by Crippen LogP contribution is 2.26. The molecular weight excluding hydrogens is 260 g/mol. The van der Waals surface area contributed by atoms with Crippen molar-refractivity contribution in [2.24, 2.45) is 0 Å². The van der Waals surface area contributed by atoms with Gasteiger partial charge < -0.3 is 9.47 Å². The van der Waals surface area contributed by atoms with Crippen LogP contribution in [0.2, 0.25) is 0 Å². The van der Waals surface area contributed by atoms with Crippen molar-refractivity contribution in [1.82, 2.24) is 9.97 Å². The highest BCUT2D eigenvalue weighted by Gasteiger charge is 2.25. The summed E-state index contributed by atoms with van der Waals surface area (Å²) >= 11 is 0. The van der Waals surface area contributed by atoms with Gasteiger partial charge >= 0.3 is 5.97 Å². The lowest BCUT2D eigenvalue weighted by Gasteiger charge is -2.19. The van der Waals surface area contributed by atoms with E-state index in [2.05, 4.69) is 14.7 Å². The van der Waals surface area contributed by atoms with E-state index in [1.165, 1.54) is 14.2 Å². The predicted molar refractivity (Wildman–Crippen MR) is 73.0 cm³/mol. The van der Waals surface area contributed by atoms with Crippen molar-refractivity contribution in [3.8, 4) is 5.88 Å². The molecule has 1 aromatic heterocycles. The normalized spacial score (nSPS) is 11.1. The molecule has 0 atom stereocenters. The average Bonchev–Trinajstić information content (AvgIpc) is 2.35. The smallest absolute Gasteiger partial charge is 0.313 e. The number of nitrogens with zero attached hydrogens (tertiary/aromatic N) is 2. The Hall–Kier alpha value is -1.98. The number of carbonyl (C=O) groups is 2. The molecule has 6 nitrogen and oxygen atoms in total. The maximum absolute atomic E-state index is 12.1. The molecule has 0 bridgehead atoms. The third kappa shape index (κ3) is 3.53. The van der Waals surface area contributed by atoms with Crippen LogP contribution in [0.1, 0.15) is 49.1 Å². The molecule has 0 spiro atoms. The van der Waals surface area contributed by atoms with E-state index in [4.69, 9.17) is 4.74 Å². The Balaban J connectivity index is 3.27. The molecule has 0 saturated carbocycles. The fourth-order valence-electron chi connectivity index (χ4n) is 1.64. The second-order valence-electron chi connectivity index (χ2n) is 5.44. The fourth-order valence-corrected chi connectivity index (χ4v) is 1.64. The lowest BCUT2D eigenvalue weighted by atomic mass is 9.95. The molecule has 0 amide bonds. The molecule has 20 heavy (non-hydrogen) atoms. The second-order valence-corrected chi connectivity index (χ2v) is 5.44. The number of hydrogen-bond acceptors (Lipinski definition) is 6. The van der Waals surface area contributed by atoms with Crippen LogP contribution in [0.3, 0.4) is 0 Å². The number of Topliss-reactive ketones (excluding diaryl/α,β-unsaturated/α-hetero) is 1. The van der Waals surface area contributed by atoms with E-state index in [0.717, 1.165) is 0 Å². The average molecular weight is 280 g/mol. The topological polar surface area (TPSA) is 78.4 Å². The molecule has 1 heterocycles. The van der Waals surface area contributed by atoms with Gasteiger partial charge in [-0.05, 0) is 6.92 Å². The van der Waals surface area contributed by atoms with E-state index in [-0.39, 0.29) is 23.3 Å². The van der Waals surface area contributed by atoms with Crippen LogP contribution in [-0.2, 0) is 14.9 Å². The van der Waals surface area contributed by atoms with Gasteiger partial charge in [0.15, 0.2) is 5.78 Å². The number of esters is 1. The second kappa shape index (κ2) is 5.98. The van der Waals surface area contributed by atoms with Gasteiger partial charge in [0.05, 0.1) is 19.9 Å². The van der Waals surface area contributed by atoms with Crippen LogP contribution in [0.4, 0.5) is 0 Å². The van der Waals surface area contributed by atoms with Crippen LogP contribution in [0.25, 0.3) is 0 Å². The van der Waals surface area contributed by atoms with Crippen LogP contribution in [0.5, 0.6) is 5.88 Å². The molecule has 0 fully saturated rings. The van der Waals surface area contributed by atoms with Crippen molar-refractivity contribution in [3.63, 3.8) is 0 Å². The highest BCUT2D eigenvalue weighted by atomic mass is 16.5. The molecule has 0 aliphatic rings. The van der Waals surface area contributed by atoms with Crippen molar-refractivity contribution in [1.29, 1.82) is 0 Å². The predicted octanol–water partition coefficient (Wildman–Crippen LogP) is 1.84. The molecule has 1 aromatic rings. The molecule has 0 aromatic carbocycles. The van der Waals surface area contributed by atoms with Crippen molar-refractivity contribution in [2.75, 3.05) is 14.2 Å². The minimum atomic E-state index is -0.601. The quantitative estimate of drug-likeness (QED) is 0.475. The summed E-state index contributed by atoms with van der Waals surface area (Å²) in [5.41, 5.74) is 0.462. The number of methoxy groups -OCH3 is 2. The summed E-state index contributed by atoms with van der Waals surface area (Å²) in [7, 11) is 2.67. The number of ether oxygens (including phenoxy) is 2. The largest absolute Gasteiger partial charge is 0.480 e. The summed E-state index contributed by atoms with van der Waals surface area (Å²) in [4.78, 5) is 31.9. The molecule has 110 valence electrons. The lowest BCUT2D eigenvalue weighted by Crippen LogP contribution is -2.20. The summed E-state index contributed by atoms with van der Waals surface area (Å²) in [5, 5.41) is 0. The summed E-state index contributed by atoms with van der Waals surface area (Å²) in [6.45, 7) is 7.61. The molecule has 0 N–H and O–H groups in total. The number of rotatable bonds is 4. The SMILES string of the molecule is COC(=O)CC(=O)c1c(C)nc(C(C)(C)C)nc1OC.